The maximum atomic E-state index is 15.7. The molecule has 2 aromatic rings. The second-order valence-electron chi connectivity index (χ2n) is 12.2. The molecule has 196 valence electrons. The minimum atomic E-state index is -1.27. The highest BCUT2D eigenvalue weighted by Gasteiger charge is 2.63. The van der Waals surface area contributed by atoms with Gasteiger partial charge < -0.3 is 15.7 Å². The Labute approximate surface area is 226 Å². The smallest absolute Gasteiger partial charge is 0.247 e. The zero-order valence-electron chi connectivity index (χ0n) is 21.3. The number of rotatable bonds is 4. The lowest BCUT2D eigenvalue weighted by atomic mass is 9.61. The molecular formula is C29H31Cl2FN2O3. The van der Waals surface area contributed by atoms with Crippen LogP contribution < -0.4 is 10.6 Å². The average Bonchev–Trinajstić information content (AvgIpc) is 3.23. The topological polar surface area (TPSA) is 78.4 Å². The fraction of sp³-hybridized carbons (Fsp3) is 0.448. The van der Waals surface area contributed by atoms with Crippen LogP contribution in [-0.4, -0.2) is 28.6 Å². The molecule has 1 aliphatic heterocycles. The number of halogens is 3. The minimum absolute atomic E-state index is 0.0727. The summed E-state index contributed by atoms with van der Waals surface area (Å²) in [7, 11) is 0. The van der Waals surface area contributed by atoms with E-state index < -0.39 is 28.7 Å². The lowest BCUT2D eigenvalue weighted by Crippen LogP contribution is -2.54. The summed E-state index contributed by atoms with van der Waals surface area (Å²) in [5, 5.41) is 16.6. The number of hydrogen-bond acceptors (Lipinski definition) is 3. The molecule has 2 aliphatic carbocycles. The van der Waals surface area contributed by atoms with Crippen molar-refractivity contribution in [2.45, 2.75) is 69.9 Å². The number of hydrogen-bond donors (Lipinski definition) is 3. The van der Waals surface area contributed by atoms with Gasteiger partial charge in [0.1, 0.15) is 5.82 Å². The van der Waals surface area contributed by atoms with Crippen molar-refractivity contribution in [3.05, 3.63) is 75.0 Å². The van der Waals surface area contributed by atoms with Gasteiger partial charge in [0.15, 0.2) is 0 Å². The first-order valence-corrected chi connectivity index (χ1v) is 13.3. The van der Waals surface area contributed by atoms with Crippen LogP contribution in [0.4, 0.5) is 10.1 Å². The predicted molar refractivity (Wildman–Crippen MR) is 143 cm³/mol. The molecule has 2 aromatic carbocycles. The van der Waals surface area contributed by atoms with Gasteiger partial charge in [0, 0.05) is 28.2 Å². The van der Waals surface area contributed by atoms with Crippen LogP contribution in [0.5, 0.6) is 0 Å². The number of benzene rings is 2. The predicted octanol–water partition coefficient (Wildman–Crippen LogP) is 6.13. The van der Waals surface area contributed by atoms with Crippen LogP contribution in [0.15, 0.2) is 48.0 Å². The van der Waals surface area contributed by atoms with E-state index in [4.69, 9.17) is 23.2 Å². The molecule has 8 heteroatoms. The van der Waals surface area contributed by atoms with Crippen molar-refractivity contribution in [2.24, 2.45) is 11.3 Å². The fourth-order valence-corrected chi connectivity index (χ4v) is 6.86. The highest BCUT2D eigenvalue weighted by molar-refractivity contribution is 6.31. The monoisotopic (exact) mass is 544 g/mol. The maximum absolute atomic E-state index is 15.7. The Hall–Kier alpha value is -2.41. The van der Waals surface area contributed by atoms with Crippen molar-refractivity contribution >= 4 is 40.7 Å². The van der Waals surface area contributed by atoms with Crippen molar-refractivity contribution < 1.29 is 19.1 Å². The largest absolute Gasteiger partial charge is 0.390 e. The molecule has 0 bridgehead atoms. The summed E-state index contributed by atoms with van der Waals surface area (Å²) < 4.78 is 15.7. The number of carbonyl (C=O) groups excluding carboxylic acids is 2. The molecule has 3 unspecified atom stereocenters. The lowest BCUT2D eigenvalue weighted by Gasteiger charge is -2.42. The summed E-state index contributed by atoms with van der Waals surface area (Å²) in [6.45, 7) is 7.96. The van der Waals surface area contributed by atoms with Crippen LogP contribution in [0.1, 0.15) is 64.0 Å². The van der Waals surface area contributed by atoms with Crippen LogP contribution in [0.3, 0.4) is 0 Å². The molecule has 0 saturated heterocycles. The van der Waals surface area contributed by atoms with Crippen LogP contribution >= 0.6 is 23.2 Å². The van der Waals surface area contributed by atoms with Gasteiger partial charge in [-0.05, 0) is 66.8 Å². The maximum Gasteiger partial charge on any atom is 0.247 e. The van der Waals surface area contributed by atoms with E-state index in [-0.39, 0.29) is 33.9 Å². The molecule has 3 atom stereocenters. The number of carbonyl (C=O) groups is 2. The Morgan fingerprint density at radius 1 is 1.22 bits per heavy atom. The Kier molecular flexibility index (Phi) is 6.25. The summed E-state index contributed by atoms with van der Waals surface area (Å²) in [5.74, 6) is -2.62. The van der Waals surface area contributed by atoms with Gasteiger partial charge >= 0.3 is 0 Å². The van der Waals surface area contributed by atoms with E-state index in [0.29, 0.717) is 41.1 Å². The standard InChI is InChI=1S/C29H31Cl2FN2O3/c1-27(2,3)12-15-10-19(25(35)33-17-13-28(4,37)14-17)23(18-6-5-7-21(31)24(18)32)29(15)20-9-8-16(30)11-22(20)34-26(29)36/h5-11,15,17,23,37H,12-14H2,1-4H3,(H,33,35)(H,34,36). The Morgan fingerprint density at radius 3 is 2.57 bits per heavy atom. The van der Waals surface area contributed by atoms with E-state index in [2.05, 4.69) is 31.4 Å². The molecule has 0 aromatic heterocycles. The molecule has 1 spiro atoms. The van der Waals surface area contributed by atoms with Gasteiger partial charge in [0.2, 0.25) is 11.8 Å². The van der Waals surface area contributed by atoms with Gasteiger partial charge in [-0.2, -0.15) is 0 Å². The second-order valence-corrected chi connectivity index (χ2v) is 13.0. The SMILES string of the molecule is CC(C)(C)CC1C=C(C(=O)NC2CC(C)(O)C2)C(c2cccc(Cl)c2F)C12C(=O)Nc1cc(Cl)ccc12. The third kappa shape index (κ3) is 4.37. The molecule has 0 radical (unpaired) electrons. The number of allylic oxidation sites excluding steroid dienone is 1. The van der Waals surface area contributed by atoms with E-state index in [0.717, 1.165) is 0 Å². The van der Waals surface area contributed by atoms with Gasteiger partial charge in [-0.15, -0.1) is 0 Å². The summed E-state index contributed by atoms with van der Waals surface area (Å²) in [6, 6.07) is 9.71. The first kappa shape index (κ1) is 26.2. The van der Waals surface area contributed by atoms with Crippen molar-refractivity contribution in [3.63, 3.8) is 0 Å². The first-order valence-electron chi connectivity index (χ1n) is 12.5. The molecule has 5 rings (SSSR count). The highest BCUT2D eigenvalue weighted by Crippen LogP contribution is 2.61. The van der Waals surface area contributed by atoms with Gasteiger partial charge in [0.05, 0.1) is 16.0 Å². The highest BCUT2D eigenvalue weighted by atomic mass is 35.5. The molecule has 2 amide bonds. The molecule has 5 nitrogen and oxygen atoms in total. The molecular weight excluding hydrogens is 514 g/mol. The molecule has 3 aliphatic rings. The first-order chi connectivity index (χ1) is 17.2. The molecule has 1 fully saturated rings. The Bertz CT molecular complexity index is 1320. The van der Waals surface area contributed by atoms with Crippen molar-refractivity contribution in [3.8, 4) is 0 Å². The molecule has 1 heterocycles. The molecule has 3 N–H and O–H groups in total. The quantitative estimate of drug-likeness (QED) is 0.433. The van der Waals surface area contributed by atoms with E-state index >= 15 is 4.39 Å². The minimum Gasteiger partial charge on any atom is -0.390 e. The number of amides is 2. The average molecular weight is 545 g/mol. The zero-order chi connectivity index (χ0) is 26.9. The zero-order valence-corrected chi connectivity index (χ0v) is 22.8. The number of aliphatic hydroxyl groups is 1. The summed E-state index contributed by atoms with van der Waals surface area (Å²) in [6.07, 6.45) is 3.29. The molecule has 37 heavy (non-hydrogen) atoms. The number of nitrogens with one attached hydrogen (secondary N) is 2. The van der Waals surface area contributed by atoms with Crippen molar-refractivity contribution in [2.75, 3.05) is 5.32 Å². The number of anilines is 1. The van der Waals surface area contributed by atoms with Gasteiger partial charge in [-0.3, -0.25) is 9.59 Å². The number of fused-ring (bicyclic) bond motifs is 2. The lowest BCUT2D eigenvalue weighted by molar-refractivity contribution is -0.123. The third-order valence-corrected chi connectivity index (χ3v) is 8.40. The van der Waals surface area contributed by atoms with Gasteiger partial charge in [-0.25, -0.2) is 4.39 Å². The van der Waals surface area contributed by atoms with Crippen LogP contribution in [0, 0.1) is 17.2 Å². The Morgan fingerprint density at radius 2 is 1.92 bits per heavy atom. The van der Waals surface area contributed by atoms with E-state index in [1.807, 2.05) is 6.08 Å². The fourth-order valence-electron chi connectivity index (χ4n) is 6.50. The van der Waals surface area contributed by atoms with E-state index in [9.17, 15) is 14.7 Å². The van der Waals surface area contributed by atoms with Gasteiger partial charge in [-0.1, -0.05) is 68.2 Å². The van der Waals surface area contributed by atoms with Crippen molar-refractivity contribution in [1.82, 2.24) is 5.32 Å². The van der Waals surface area contributed by atoms with Crippen LogP contribution in [-0.2, 0) is 15.0 Å². The van der Waals surface area contributed by atoms with Gasteiger partial charge in [0.25, 0.3) is 0 Å². The summed E-state index contributed by atoms with van der Waals surface area (Å²) >= 11 is 12.5. The van der Waals surface area contributed by atoms with Crippen LogP contribution in [0.25, 0.3) is 0 Å². The second kappa shape index (κ2) is 8.82. The van der Waals surface area contributed by atoms with E-state index in [1.165, 1.54) is 6.07 Å². The molecule has 1 saturated carbocycles. The third-order valence-electron chi connectivity index (χ3n) is 7.88. The Balaban J connectivity index is 1.71. The van der Waals surface area contributed by atoms with Crippen LogP contribution in [0.2, 0.25) is 10.0 Å². The summed E-state index contributed by atoms with van der Waals surface area (Å²) in [4.78, 5) is 27.9. The normalized spacial score (nSPS) is 30.5. The van der Waals surface area contributed by atoms with E-state index in [1.54, 1.807) is 37.3 Å². The van der Waals surface area contributed by atoms with Crippen molar-refractivity contribution in [1.29, 1.82) is 0 Å². The summed E-state index contributed by atoms with van der Waals surface area (Å²) in [5.41, 5.74) is -0.500.